The molecule has 138 valence electrons. The Balaban J connectivity index is 1.95. The molecule has 0 aliphatic carbocycles. The highest BCUT2D eigenvalue weighted by Gasteiger charge is 2.28. The van der Waals surface area contributed by atoms with E-state index in [0.29, 0.717) is 23.6 Å². The van der Waals surface area contributed by atoms with E-state index in [-0.39, 0.29) is 11.6 Å². The van der Waals surface area contributed by atoms with Gasteiger partial charge in [0.2, 0.25) is 5.88 Å². The quantitative estimate of drug-likeness (QED) is 0.809. The van der Waals surface area contributed by atoms with Crippen molar-refractivity contribution in [1.82, 2.24) is 14.6 Å². The van der Waals surface area contributed by atoms with Crippen molar-refractivity contribution in [3.8, 4) is 17.4 Å². The third-order valence-corrected chi connectivity index (χ3v) is 4.49. The summed E-state index contributed by atoms with van der Waals surface area (Å²) in [6.07, 6.45) is 0.372. The van der Waals surface area contributed by atoms with Crippen LogP contribution >= 0.6 is 0 Å². The Kier molecular flexibility index (Phi) is 4.45. The number of methoxy groups -OCH3 is 2. The molecule has 9 heteroatoms. The average Bonchev–Trinajstić information content (AvgIpc) is 3.14. The van der Waals surface area contributed by atoms with E-state index in [0.717, 1.165) is 14.7 Å². The second-order valence-electron chi connectivity index (χ2n) is 5.96. The number of nitrogens with one attached hydrogen (secondary N) is 1. The summed E-state index contributed by atoms with van der Waals surface area (Å²) in [7, 11) is 5.88. The lowest BCUT2D eigenvalue weighted by Gasteiger charge is -2.14. The van der Waals surface area contributed by atoms with Gasteiger partial charge in [-0.25, -0.2) is 4.79 Å². The lowest BCUT2D eigenvalue weighted by atomic mass is 9.99. The van der Waals surface area contributed by atoms with Crippen LogP contribution < -0.4 is 26.1 Å². The molecule has 0 saturated carbocycles. The molecule has 0 bridgehead atoms. The molecule has 2 N–H and O–H groups in total. The number of hydrazone groups is 1. The van der Waals surface area contributed by atoms with Gasteiger partial charge in [-0.1, -0.05) is 6.07 Å². The van der Waals surface area contributed by atoms with Crippen molar-refractivity contribution in [2.45, 2.75) is 12.5 Å². The van der Waals surface area contributed by atoms with Gasteiger partial charge in [-0.2, -0.15) is 5.10 Å². The Hall–Kier alpha value is -3.23. The van der Waals surface area contributed by atoms with Crippen LogP contribution in [0.1, 0.15) is 23.6 Å². The Morgan fingerprint density at radius 2 is 1.85 bits per heavy atom. The monoisotopic (exact) mass is 360 g/mol. The van der Waals surface area contributed by atoms with Crippen LogP contribution in [0.3, 0.4) is 0 Å². The van der Waals surface area contributed by atoms with E-state index in [1.165, 1.54) is 14.1 Å². The predicted octanol–water partition coefficient (Wildman–Crippen LogP) is 0.246. The molecule has 0 spiro atoms. The van der Waals surface area contributed by atoms with Crippen LogP contribution in [-0.2, 0) is 14.1 Å². The van der Waals surface area contributed by atoms with Gasteiger partial charge in [0.05, 0.1) is 26.0 Å². The number of rotatable bonds is 4. The molecular formula is C17H20N4O5. The van der Waals surface area contributed by atoms with Crippen LogP contribution in [0.15, 0.2) is 32.9 Å². The fraction of sp³-hybridized carbons (Fsp3) is 0.353. The van der Waals surface area contributed by atoms with Crippen molar-refractivity contribution in [2.24, 2.45) is 19.2 Å². The van der Waals surface area contributed by atoms with Crippen LogP contribution in [0, 0.1) is 0 Å². The SMILES string of the molecule is COc1ccc([C@@H]2CC(c3c(O)n(C)c(=O)n(C)c3=O)=NN2)cc1OC. The summed E-state index contributed by atoms with van der Waals surface area (Å²) < 4.78 is 12.5. The zero-order chi connectivity index (χ0) is 19.0. The highest BCUT2D eigenvalue weighted by atomic mass is 16.5. The van der Waals surface area contributed by atoms with Gasteiger partial charge < -0.3 is 20.0 Å². The van der Waals surface area contributed by atoms with Crippen molar-refractivity contribution in [2.75, 3.05) is 14.2 Å². The lowest BCUT2D eigenvalue weighted by Crippen LogP contribution is -2.39. The molecule has 1 aromatic carbocycles. The van der Waals surface area contributed by atoms with Crippen molar-refractivity contribution >= 4 is 5.71 Å². The highest BCUT2D eigenvalue weighted by molar-refractivity contribution is 6.03. The van der Waals surface area contributed by atoms with E-state index < -0.39 is 17.1 Å². The zero-order valence-electron chi connectivity index (χ0n) is 14.9. The Labute approximate surface area is 149 Å². The first-order valence-electron chi connectivity index (χ1n) is 7.92. The number of nitrogens with zero attached hydrogens (tertiary/aromatic N) is 3. The average molecular weight is 360 g/mol. The van der Waals surface area contributed by atoms with Crippen LogP contribution in [-0.4, -0.2) is 34.2 Å². The summed E-state index contributed by atoms with van der Waals surface area (Å²) in [6.45, 7) is 0. The number of hydrogen-bond acceptors (Lipinski definition) is 7. The zero-order valence-corrected chi connectivity index (χ0v) is 14.9. The normalized spacial score (nSPS) is 16.2. The van der Waals surface area contributed by atoms with Crippen molar-refractivity contribution < 1.29 is 14.6 Å². The van der Waals surface area contributed by atoms with E-state index in [1.54, 1.807) is 20.3 Å². The summed E-state index contributed by atoms with van der Waals surface area (Å²) >= 11 is 0. The van der Waals surface area contributed by atoms with Gasteiger partial charge in [-0.15, -0.1) is 0 Å². The number of hydrogen-bond donors (Lipinski definition) is 2. The summed E-state index contributed by atoms with van der Waals surface area (Å²) in [5, 5.41) is 14.5. The minimum absolute atomic E-state index is 0.0186. The topological polar surface area (TPSA) is 107 Å². The largest absolute Gasteiger partial charge is 0.494 e. The Morgan fingerprint density at radius 3 is 2.50 bits per heavy atom. The molecule has 1 atom stereocenters. The second-order valence-corrected chi connectivity index (χ2v) is 5.96. The molecule has 0 radical (unpaired) electrons. The van der Waals surface area contributed by atoms with Gasteiger partial charge in [0.25, 0.3) is 5.56 Å². The molecule has 0 saturated heterocycles. The molecule has 0 amide bonds. The van der Waals surface area contributed by atoms with Crippen LogP contribution in [0.5, 0.6) is 17.4 Å². The number of ether oxygens (including phenoxy) is 2. The summed E-state index contributed by atoms with van der Waals surface area (Å²) in [5.74, 6) is 0.799. The van der Waals surface area contributed by atoms with Crippen molar-refractivity contribution in [3.63, 3.8) is 0 Å². The van der Waals surface area contributed by atoms with Gasteiger partial charge in [-0.3, -0.25) is 13.9 Å². The minimum Gasteiger partial charge on any atom is -0.494 e. The van der Waals surface area contributed by atoms with Crippen molar-refractivity contribution in [1.29, 1.82) is 0 Å². The maximum atomic E-state index is 12.4. The lowest BCUT2D eigenvalue weighted by molar-refractivity contribution is 0.354. The first-order valence-corrected chi connectivity index (χ1v) is 7.92. The highest BCUT2D eigenvalue weighted by Crippen LogP contribution is 2.33. The van der Waals surface area contributed by atoms with E-state index in [4.69, 9.17) is 9.47 Å². The number of aromatic nitrogens is 2. The van der Waals surface area contributed by atoms with Crippen LogP contribution in [0.25, 0.3) is 0 Å². The second kappa shape index (κ2) is 6.58. The van der Waals surface area contributed by atoms with Crippen molar-refractivity contribution in [3.05, 3.63) is 50.2 Å². The molecule has 26 heavy (non-hydrogen) atoms. The van der Waals surface area contributed by atoms with Crippen LogP contribution in [0.4, 0.5) is 0 Å². The summed E-state index contributed by atoms with van der Waals surface area (Å²) in [5.41, 5.74) is 3.08. The molecule has 1 aliphatic heterocycles. The molecule has 9 nitrogen and oxygen atoms in total. The van der Waals surface area contributed by atoms with Gasteiger partial charge >= 0.3 is 5.69 Å². The molecule has 2 aromatic rings. The smallest absolute Gasteiger partial charge is 0.333 e. The van der Waals surface area contributed by atoms with E-state index in [2.05, 4.69) is 10.5 Å². The van der Waals surface area contributed by atoms with E-state index in [1.807, 2.05) is 12.1 Å². The first kappa shape index (κ1) is 17.6. The maximum Gasteiger partial charge on any atom is 0.333 e. The first-order chi connectivity index (χ1) is 12.4. The van der Waals surface area contributed by atoms with E-state index in [9.17, 15) is 14.7 Å². The summed E-state index contributed by atoms with van der Waals surface area (Å²) in [6, 6.07) is 5.28. The molecule has 3 rings (SSSR count). The fourth-order valence-electron chi connectivity index (χ4n) is 2.95. The van der Waals surface area contributed by atoms with Gasteiger partial charge in [0.15, 0.2) is 11.5 Å². The third-order valence-electron chi connectivity index (χ3n) is 4.49. The molecule has 1 aromatic heterocycles. The predicted molar refractivity (Wildman–Crippen MR) is 95.2 cm³/mol. The third kappa shape index (κ3) is 2.71. The molecular weight excluding hydrogens is 340 g/mol. The maximum absolute atomic E-state index is 12.4. The van der Waals surface area contributed by atoms with Crippen LogP contribution in [0.2, 0.25) is 0 Å². The standard InChI is InChI=1S/C17H20N4O5/c1-20-15(22)14(16(23)21(2)17(20)24)11-8-10(18-19-11)9-5-6-12(25-3)13(7-9)26-4/h5-7,10,18,22H,8H2,1-4H3/t10-/m0/s1. The van der Waals surface area contributed by atoms with Gasteiger partial charge in [0, 0.05) is 20.5 Å². The molecule has 2 heterocycles. The Morgan fingerprint density at radius 1 is 1.15 bits per heavy atom. The number of aromatic hydroxyl groups is 1. The Bertz CT molecular complexity index is 1010. The minimum atomic E-state index is -0.598. The fourth-order valence-corrected chi connectivity index (χ4v) is 2.95. The van der Waals surface area contributed by atoms with Gasteiger partial charge in [0.1, 0.15) is 5.56 Å². The van der Waals surface area contributed by atoms with E-state index >= 15 is 0 Å². The molecule has 0 unspecified atom stereocenters. The number of benzene rings is 1. The molecule has 0 fully saturated rings. The summed E-state index contributed by atoms with van der Waals surface area (Å²) in [4.78, 5) is 24.3. The molecule has 1 aliphatic rings. The van der Waals surface area contributed by atoms with Gasteiger partial charge in [-0.05, 0) is 17.7 Å².